The molecule has 0 bridgehead atoms. The van der Waals surface area contributed by atoms with Crippen LogP contribution in [0.25, 0.3) is 0 Å². The van der Waals surface area contributed by atoms with Crippen LogP contribution in [0.2, 0.25) is 0 Å². The molecule has 2 rings (SSSR count). The first-order valence-electron chi connectivity index (χ1n) is 7.75. The summed E-state index contributed by atoms with van der Waals surface area (Å²) in [6.45, 7) is 3.89. The van der Waals surface area contributed by atoms with Gasteiger partial charge in [0.2, 0.25) is 11.8 Å². The lowest BCUT2D eigenvalue weighted by molar-refractivity contribution is -0.159. The Hall–Kier alpha value is -1.13. The largest absolute Gasteiger partial charge is 0.342 e. The van der Waals surface area contributed by atoms with Crippen molar-refractivity contribution in [1.29, 1.82) is 0 Å². The van der Waals surface area contributed by atoms with Gasteiger partial charge >= 0.3 is 0 Å². The minimum atomic E-state index is -0.698. The van der Waals surface area contributed by atoms with Crippen molar-refractivity contribution in [3.05, 3.63) is 0 Å². The van der Waals surface area contributed by atoms with Gasteiger partial charge < -0.3 is 10.2 Å². The minimum Gasteiger partial charge on any atom is -0.342 e. The van der Waals surface area contributed by atoms with E-state index in [0.717, 1.165) is 19.3 Å². The molecular formula is C15H25FN2O2. The Kier molecular flexibility index (Phi) is 4.66. The van der Waals surface area contributed by atoms with Crippen LogP contribution < -0.4 is 5.32 Å². The number of alkyl halides is 1. The Bertz CT molecular complexity index is 380. The highest BCUT2D eigenvalue weighted by atomic mass is 19.1. The second-order valence-electron chi connectivity index (χ2n) is 6.11. The standard InChI is InChI=1S/C15H25FN2O2/c1-3-11(2)12-13(19)18(10-6-9-16)15(14(20)17-12)7-4-5-8-15/h11-12H,3-10H2,1-2H3,(H,17,20). The fourth-order valence-corrected chi connectivity index (χ4v) is 3.46. The van der Waals surface area contributed by atoms with Crippen LogP contribution in [0.5, 0.6) is 0 Å². The lowest BCUT2D eigenvalue weighted by atomic mass is 9.85. The maximum absolute atomic E-state index is 12.7. The van der Waals surface area contributed by atoms with E-state index in [-0.39, 0.29) is 17.7 Å². The number of nitrogens with one attached hydrogen (secondary N) is 1. The summed E-state index contributed by atoms with van der Waals surface area (Å²) in [4.78, 5) is 27.0. The molecule has 4 nitrogen and oxygen atoms in total. The van der Waals surface area contributed by atoms with Crippen LogP contribution in [0, 0.1) is 5.92 Å². The van der Waals surface area contributed by atoms with Crippen LogP contribution >= 0.6 is 0 Å². The Labute approximate surface area is 120 Å². The van der Waals surface area contributed by atoms with E-state index in [1.165, 1.54) is 0 Å². The van der Waals surface area contributed by atoms with Crippen molar-refractivity contribution in [2.24, 2.45) is 5.92 Å². The van der Waals surface area contributed by atoms with Gasteiger partial charge in [-0.1, -0.05) is 33.1 Å². The number of amides is 2. The molecule has 0 aromatic rings. The summed E-state index contributed by atoms with van der Waals surface area (Å²) in [7, 11) is 0. The van der Waals surface area contributed by atoms with Crippen LogP contribution in [-0.2, 0) is 9.59 Å². The summed E-state index contributed by atoms with van der Waals surface area (Å²) in [6.07, 6.45) is 4.49. The van der Waals surface area contributed by atoms with E-state index < -0.39 is 18.3 Å². The molecule has 20 heavy (non-hydrogen) atoms. The van der Waals surface area contributed by atoms with Crippen LogP contribution in [0.4, 0.5) is 4.39 Å². The quantitative estimate of drug-likeness (QED) is 0.840. The van der Waals surface area contributed by atoms with Gasteiger partial charge in [-0.2, -0.15) is 0 Å². The van der Waals surface area contributed by atoms with Gasteiger partial charge in [-0.25, -0.2) is 0 Å². The van der Waals surface area contributed by atoms with Crippen LogP contribution in [0.1, 0.15) is 52.4 Å². The smallest absolute Gasteiger partial charge is 0.246 e. The molecule has 2 aliphatic rings. The number of hydrogen-bond donors (Lipinski definition) is 1. The molecule has 2 amide bonds. The fraction of sp³-hybridized carbons (Fsp3) is 0.867. The van der Waals surface area contributed by atoms with Crippen molar-refractivity contribution < 1.29 is 14.0 Å². The van der Waals surface area contributed by atoms with Crippen molar-refractivity contribution in [3.63, 3.8) is 0 Å². The number of halogens is 1. The molecule has 114 valence electrons. The van der Waals surface area contributed by atoms with E-state index in [1.54, 1.807) is 4.90 Å². The molecule has 1 N–H and O–H groups in total. The monoisotopic (exact) mass is 284 g/mol. The van der Waals surface area contributed by atoms with Crippen molar-refractivity contribution >= 4 is 11.8 Å². The van der Waals surface area contributed by atoms with E-state index in [9.17, 15) is 14.0 Å². The molecule has 2 unspecified atom stereocenters. The van der Waals surface area contributed by atoms with Gasteiger partial charge in [0.25, 0.3) is 0 Å². The van der Waals surface area contributed by atoms with E-state index >= 15 is 0 Å². The maximum Gasteiger partial charge on any atom is 0.246 e. The summed E-state index contributed by atoms with van der Waals surface area (Å²) in [5.74, 6) is 0.0612. The highest BCUT2D eigenvalue weighted by molar-refractivity contribution is 6.00. The number of piperazine rings is 1. The fourth-order valence-electron chi connectivity index (χ4n) is 3.46. The number of nitrogens with zero attached hydrogens (tertiary/aromatic N) is 1. The molecule has 1 spiro atoms. The van der Waals surface area contributed by atoms with E-state index in [1.807, 2.05) is 13.8 Å². The summed E-state index contributed by atoms with van der Waals surface area (Å²) < 4.78 is 12.5. The zero-order chi connectivity index (χ0) is 14.8. The topological polar surface area (TPSA) is 49.4 Å². The number of carbonyl (C=O) groups excluding carboxylic acids is 2. The molecule has 0 aromatic heterocycles. The van der Waals surface area contributed by atoms with Crippen LogP contribution in [0.3, 0.4) is 0 Å². The molecule has 2 atom stereocenters. The SMILES string of the molecule is CCC(C)C1NC(=O)C2(CCCC2)N(CCCF)C1=O. The first-order valence-corrected chi connectivity index (χ1v) is 7.75. The first kappa shape index (κ1) is 15.3. The van der Waals surface area contributed by atoms with Gasteiger partial charge in [-0.05, 0) is 25.2 Å². The van der Waals surface area contributed by atoms with Crippen LogP contribution in [0.15, 0.2) is 0 Å². The number of hydrogen-bond acceptors (Lipinski definition) is 2. The molecule has 1 aliphatic heterocycles. The predicted molar refractivity (Wildman–Crippen MR) is 74.9 cm³/mol. The molecular weight excluding hydrogens is 259 g/mol. The third-order valence-electron chi connectivity index (χ3n) is 4.92. The number of rotatable bonds is 5. The Morgan fingerprint density at radius 1 is 1.40 bits per heavy atom. The second-order valence-corrected chi connectivity index (χ2v) is 6.11. The van der Waals surface area contributed by atoms with Gasteiger partial charge in [-0.15, -0.1) is 0 Å². The molecule has 0 aromatic carbocycles. The minimum absolute atomic E-state index is 0.0192. The summed E-state index contributed by atoms with van der Waals surface area (Å²) in [5, 5.41) is 2.93. The van der Waals surface area contributed by atoms with Crippen molar-refractivity contribution in [3.8, 4) is 0 Å². The number of carbonyl (C=O) groups is 2. The molecule has 1 heterocycles. The third-order valence-corrected chi connectivity index (χ3v) is 4.92. The summed E-state index contributed by atoms with van der Waals surface area (Å²) in [5.41, 5.74) is -0.698. The molecule has 1 aliphatic carbocycles. The summed E-state index contributed by atoms with van der Waals surface area (Å²) in [6, 6.07) is -0.446. The Morgan fingerprint density at radius 3 is 2.60 bits per heavy atom. The van der Waals surface area contributed by atoms with Gasteiger partial charge in [0.05, 0.1) is 6.67 Å². The Balaban J connectivity index is 2.26. The molecule has 5 heteroatoms. The Morgan fingerprint density at radius 2 is 2.05 bits per heavy atom. The highest BCUT2D eigenvalue weighted by Crippen LogP contribution is 2.39. The lowest BCUT2D eigenvalue weighted by Crippen LogP contribution is -2.71. The summed E-state index contributed by atoms with van der Waals surface area (Å²) >= 11 is 0. The lowest BCUT2D eigenvalue weighted by Gasteiger charge is -2.47. The second kappa shape index (κ2) is 6.10. The van der Waals surface area contributed by atoms with E-state index in [4.69, 9.17) is 0 Å². The zero-order valence-electron chi connectivity index (χ0n) is 12.5. The maximum atomic E-state index is 12.7. The normalized spacial score (nSPS) is 26.9. The molecule has 0 radical (unpaired) electrons. The average Bonchev–Trinajstić information content (AvgIpc) is 2.93. The van der Waals surface area contributed by atoms with Crippen LogP contribution in [-0.4, -0.2) is 41.5 Å². The van der Waals surface area contributed by atoms with E-state index in [2.05, 4.69) is 5.32 Å². The van der Waals surface area contributed by atoms with Crippen molar-refractivity contribution in [1.82, 2.24) is 10.2 Å². The van der Waals surface area contributed by atoms with Gasteiger partial charge in [-0.3, -0.25) is 14.0 Å². The van der Waals surface area contributed by atoms with Gasteiger partial charge in [0.15, 0.2) is 0 Å². The van der Waals surface area contributed by atoms with E-state index in [0.29, 0.717) is 25.8 Å². The molecule has 1 saturated carbocycles. The molecule has 2 fully saturated rings. The van der Waals surface area contributed by atoms with Gasteiger partial charge in [0, 0.05) is 6.54 Å². The zero-order valence-corrected chi connectivity index (χ0v) is 12.5. The predicted octanol–water partition coefficient (Wildman–Crippen LogP) is 2.03. The van der Waals surface area contributed by atoms with Gasteiger partial charge in [0.1, 0.15) is 11.6 Å². The average molecular weight is 284 g/mol. The van der Waals surface area contributed by atoms with Crippen molar-refractivity contribution in [2.45, 2.75) is 64.0 Å². The first-order chi connectivity index (χ1) is 9.56. The van der Waals surface area contributed by atoms with Crippen molar-refractivity contribution in [2.75, 3.05) is 13.2 Å². The third kappa shape index (κ3) is 2.42. The molecule has 1 saturated heterocycles. The highest BCUT2D eigenvalue weighted by Gasteiger charge is 2.53.